The number of ether oxygens (including phenoxy) is 2. The highest BCUT2D eigenvalue weighted by Crippen LogP contribution is 2.29. The third-order valence-electron chi connectivity index (χ3n) is 3.52. The van der Waals surface area contributed by atoms with Crippen LogP contribution in [0.15, 0.2) is 59.3 Å². The molecule has 1 aromatic heterocycles. The standard InChI is InChI=1S/C18H16BrN5O3/c1-26-13-6-8-14(9-7-13)27-18-15(20)16(21-10-22-18)23-24-17(25)11-2-4-12(19)5-3-11/h2-10H,20H2,1H3,(H,24,25)(H,21,22,23). The molecular weight excluding hydrogens is 414 g/mol. The van der Waals surface area contributed by atoms with Gasteiger partial charge < -0.3 is 15.2 Å². The van der Waals surface area contributed by atoms with Gasteiger partial charge in [-0.05, 0) is 48.5 Å². The molecule has 9 heteroatoms. The Hall–Kier alpha value is -3.33. The van der Waals surface area contributed by atoms with Crippen LogP contribution in [0.1, 0.15) is 10.4 Å². The van der Waals surface area contributed by atoms with Gasteiger partial charge in [-0.15, -0.1) is 0 Å². The predicted octanol–water partition coefficient (Wildman–Crippen LogP) is 3.38. The van der Waals surface area contributed by atoms with Crippen molar-refractivity contribution in [2.45, 2.75) is 0 Å². The van der Waals surface area contributed by atoms with Crippen molar-refractivity contribution in [1.82, 2.24) is 15.4 Å². The summed E-state index contributed by atoms with van der Waals surface area (Å²) >= 11 is 3.32. The molecule has 2 aromatic carbocycles. The van der Waals surface area contributed by atoms with Gasteiger partial charge in [-0.1, -0.05) is 15.9 Å². The normalized spacial score (nSPS) is 10.1. The predicted molar refractivity (Wildman–Crippen MR) is 105 cm³/mol. The molecule has 1 heterocycles. The molecule has 0 atom stereocenters. The highest BCUT2D eigenvalue weighted by Gasteiger charge is 2.12. The first-order valence-corrected chi connectivity index (χ1v) is 8.60. The van der Waals surface area contributed by atoms with Crippen molar-refractivity contribution < 1.29 is 14.3 Å². The van der Waals surface area contributed by atoms with Crippen LogP contribution in [-0.4, -0.2) is 23.0 Å². The van der Waals surface area contributed by atoms with E-state index >= 15 is 0 Å². The van der Waals surface area contributed by atoms with Crippen molar-refractivity contribution in [1.29, 1.82) is 0 Å². The molecular formula is C18H16BrN5O3. The van der Waals surface area contributed by atoms with Gasteiger partial charge in [-0.2, -0.15) is 4.98 Å². The highest BCUT2D eigenvalue weighted by molar-refractivity contribution is 9.10. The van der Waals surface area contributed by atoms with Gasteiger partial charge in [-0.25, -0.2) is 4.98 Å². The molecule has 0 unspecified atom stereocenters. The first kappa shape index (κ1) is 18.5. The number of hydrazine groups is 1. The maximum absolute atomic E-state index is 12.2. The van der Waals surface area contributed by atoms with Gasteiger partial charge in [0.05, 0.1) is 7.11 Å². The summed E-state index contributed by atoms with van der Waals surface area (Å²) in [5.41, 5.74) is 11.9. The molecule has 0 aliphatic heterocycles. The number of nitrogen functional groups attached to an aromatic ring is 1. The Labute approximate surface area is 163 Å². The van der Waals surface area contributed by atoms with E-state index < -0.39 is 0 Å². The SMILES string of the molecule is COc1ccc(Oc2ncnc(NNC(=O)c3ccc(Br)cc3)c2N)cc1. The molecule has 0 aliphatic rings. The van der Waals surface area contributed by atoms with Gasteiger partial charge in [0.1, 0.15) is 23.5 Å². The second-order valence-corrected chi connectivity index (χ2v) is 6.22. The highest BCUT2D eigenvalue weighted by atomic mass is 79.9. The first-order chi connectivity index (χ1) is 13.1. The van der Waals surface area contributed by atoms with Gasteiger partial charge in [0, 0.05) is 10.0 Å². The van der Waals surface area contributed by atoms with Crippen LogP contribution in [0, 0.1) is 0 Å². The zero-order chi connectivity index (χ0) is 19.2. The fourth-order valence-electron chi connectivity index (χ4n) is 2.11. The Balaban J connectivity index is 1.68. The van der Waals surface area contributed by atoms with Crippen LogP contribution in [0.4, 0.5) is 11.5 Å². The van der Waals surface area contributed by atoms with Gasteiger partial charge in [-0.3, -0.25) is 15.6 Å². The number of halogens is 1. The lowest BCUT2D eigenvalue weighted by atomic mass is 10.2. The van der Waals surface area contributed by atoms with E-state index in [1.54, 1.807) is 55.6 Å². The molecule has 0 fully saturated rings. The second-order valence-electron chi connectivity index (χ2n) is 5.30. The number of nitrogens with two attached hydrogens (primary N) is 1. The molecule has 0 saturated heterocycles. The maximum atomic E-state index is 12.2. The van der Waals surface area contributed by atoms with Crippen LogP contribution in [0.25, 0.3) is 0 Å². The van der Waals surface area contributed by atoms with E-state index in [-0.39, 0.29) is 23.3 Å². The summed E-state index contributed by atoms with van der Waals surface area (Å²) in [7, 11) is 1.58. The summed E-state index contributed by atoms with van der Waals surface area (Å²) in [6, 6.07) is 13.9. The smallest absolute Gasteiger partial charge is 0.269 e. The van der Waals surface area contributed by atoms with Crippen LogP contribution in [0.2, 0.25) is 0 Å². The van der Waals surface area contributed by atoms with Crippen LogP contribution < -0.4 is 26.1 Å². The van der Waals surface area contributed by atoms with Crippen molar-refractivity contribution >= 4 is 33.3 Å². The minimum absolute atomic E-state index is 0.157. The van der Waals surface area contributed by atoms with Crippen molar-refractivity contribution in [2.75, 3.05) is 18.3 Å². The Morgan fingerprint density at radius 2 is 1.70 bits per heavy atom. The van der Waals surface area contributed by atoms with E-state index in [4.69, 9.17) is 15.2 Å². The van der Waals surface area contributed by atoms with Crippen molar-refractivity contribution in [3.63, 3.8) is 0 Å². The average Bonchev–Trinajstić information content (AvgIpc) is 2.69. The number of carbonyl (C=O) groups excluding carboxylic acids is 1. The minimum atomic E-state index is -0.335. The molecule has 0 aliphatic carbocycles. The van der Waals surface area contributed by atoms with Gasteiger partial charge in [0.15, 0.2) is 5.82 Å². The van der Waals surface area contributed by atoms with Crippen LogP contribution in [0.5, 0.6) is 17.4 Å². The Bertz CT molecular complexity index is 933. The molecule has 0 spiro atoms. The maximum Gasteiger partial charge on any atom is 0.269 e. The molecule has 1 amide bonds. The molecule has 27 heavy (non-hydrogen) atoms. The van der Waals surface area contributed by atoms with Gasteiger partial charge in [0.25, 0.3) is 5.91 Å². The monoisotopic (exact) mass is 429 g/mol. The summed E-state index contributed by atoms with van der Waals surface area (Å²) in [5.74, 6) is 1.29. The first-order valence-electron chi connectivity index (χ1n) is 7.81. The summed E-state index contributed by atoms with van der Waals surface area (Å²) in [6.45, 7) is 0. The zero-order valence-corrected chi connectivity index (χ0v) is 15.9. The van der Waals surface area contributed by atoms with Gasteiger partial charge in [0.2, 0.25) is 5.88 Å². The number of rotatable bonds is 6. The molecule has 3 aromatic rings. The lowest BCUT2D eigenvalue weighted by Gasteiger charge is -2.12. The molecule has 0 bridgehead atoms. The van der Waals surface area contributed by atoms with E-state index in [9.17, 15) is 4.79 Å². The summed E-state index contributed by atoms with van der Waals surface area (Å²) in [5, 5.41) is 0. The topological polar surface area (TPSA) is 111 Å². The second kappa shape index (κ2) is 8.37. The average molecular weight is 430 g/mol. The number of carbonyl (C=O) groups is 1. The van der Waals surface area contributed by atoms with E-state index in [0.717, 1.165) is 4.47 Å². The van der Waals surface area contributed by atoms with E-state index in [1.165, 1.54) is 6.33 Å². The number of aromatic nitrogens is 2. The molecule has 3 rings (SSSR count). The van der Waals surface area contributed by atoms with Crippen molar-refractivity contribution in [2.24, 2.45) is 0 Å². The van der Waals surface area contributed by atoms with E-state index in [2.05, 4.69) is 36.7 Å². The minimum Gasteiger partial charge on any atom is -0.497 e. The van der Waals surface area contributed by atoms with Crippen molar-refractivity contribution in [3.05, 3.63) is 64.9 Å². The van der Waals surface area contributed by atoms with Crippen LogP contribution >= 0.6 is 15.9 Å². The van der Waals surface area contributed by atoms with E-state index in [1.807, 2.05) is 0 Å². The third-order valence-corrected chi connectivity index (χ3v) is 4.05. The molecule has 8 nitrogen and oxygen atoms in total. The van der Waals surface area contributed by atoms with Crippen LogP contribution in [-0.2, 0) is 0 Å². The fraction of sp³-hybridized carbons (Fsp3) is 0.0556. The summed E-state index contributed by atoms with van der Waals surface area (Å²) in [6.07, 6.45) is 1.28. The van der Waals surface area contributed by atoms with Gasteiger partial charge >= 0.3 is 0 Å². The lowest BCUT2D eigenvalue weighted by molar-refractivity contribution is 0.0962. The number of methoxy groups -OCH3 is 1. The van der Waals surface area contributed by atoms with Crippen LogP contribution in [0.3, 0.4) is 0 Å². The Kier molecular flexibility index (Phi) is 5.72. The summed E-state index contributed by atoms with van der Waals surface area (Å²) < 4.78 is 11.6. The number of anilines is 2. The number of benzene rings is 2. The number of nitrogens with one attached hydrogen (secondary N) is 2. The zero-order valence-electron chi connectivity index (χ0n) is 14.3. The number of amides is 1. The van der Waals surface area contributed by atoms with Crippen molar-refractivity contribution in [3.8, 4) is 17.4 Å². The Morgan fingerprint density at radius 1 is 1.04 bits per heavy atom. The molecule has 0 saturated carbocycles. The molecule has 0 radical (unpaired) electrons. The third kappa shape index (κ3) is 4.64. The molecule has 4 N–H and O–H groups in total. The Morgan fingerprint density at radius 3 is 2.37 bits per heavy atom. The largest absolute Gasteiger partial charge is 0.497 e. The fourth-order valence-corrected chi connectivity index (χ4v) is 2.37. The number of hydrogen-bond donors (Lipinski definition) is 3. The lowest BCUT2D eigenvalue weighted by Crippen LogP contribution is -2.30. The summed E-state index contributed by atoms with van der Waals surface area (Å²) in [4.78, 5) is 20.2. The number of nitrogens with zero attached hydrogens (tertiary/aromatic N) is 2. The molecule has 138 valence electrons. The quantitative estimate of drug-likeness (QED) is 0.514. The number of hydrogen-bond acceptors (Lipinski definition) is 7. The van der Waals surface area contributed by atoms with E-state index in [0.29, 0.717) is 17.1 Å².